The predicted molar refractivity (Wildman–Crippen MR) is 61.1 cm³/mol. The molecule has 0 amide bonds. The summed E-state index contributed by atoms with van der Waals surface area (Å²) in [4.78, 5) is 9.97. The van der Waals surface area contributed by atoms with Gasteiger partial charge in [0.1, 0.15) is 0 Å². The van der Waals surface area contributed by atoms with Crippen molar-refractivity contribution in [2.24, 2.45) is 5.73 Å². The van der Waals surface area contributed by atoms with E-state index in [1.807, 2.05) is 0 Å². The van der Waals surface area contributed by atoms with Crippen molar-refractivity contribution in [3.8, 4) is 5.75 Å². The summed E-state index contributed by atoms with van der Waals surface area (Å²) in [7, 11) is 0. The van der Waals surface area contributed by atoms with Crippen LogP contribution in [0.1, 0.15) is 24.4 Å². The van der Waals surface area contributed by atoms with Crippen LogP contribution in [0, 0.1) is 10.1 Å². The second kappa shape index (κ2) is 5.27. The summed E-state index contributed by atoms with van der Waals surface area (Å²) in [6.07, 6.45) is 3.16. The first-order chi connectivity index (χ1) is 7.56. The van der Waals surface area contributed by atoms with E-state index in [1.165, 1.54) is 12.1 Å². The van der Waals surface area contributed by atoms with Gasteiger partial charge in [-0.25, -0.2) is 0 Å². The highest BCUT2D eigenvalue weighted by Gasteiger charge is 2.16. The van der Waals surface area contributed by atoms with E-state index < -0.39 is 4.92 Å². The van der Waals surface area contributed by atoms with E-state index in [1.54, 1.807) is 12.1 Å². The molecule has 86 valence electrons. The maximum Gasteiger partial charge on any atom is 0.311 e. The van der Waals surface area contributed by atoms with Crippen LogP contribution in [0.3, 0.4) is 0 Å². The summed E-state index contributed by atoms with van der Waals surface area (Å²) in [5, 5.41) is 19.9. The average molecular weight is 222 g/mol. The third kappa shape index (κ3) is 2.80. The van der Waals surface area contributed by atoms with Gasteiger partial charge in [-0.15, -0.1) is 6.58 Å². The summed E-state index contributed by atoms with van der Waals surface area (Å²) in [5.41, 5.74) is 6.18. The van der Waals surface area contributed by atoms with E-state index >= 15 is 0 Å². The smallest absolute Gasteiger partial charge is 0.311 e. The second-order valence-electron chi connectivity index (χ2n) is 3.48. The lowest BCUT2D eigenvalue weighted by Gasteiger charge is -2.10. The van der Waals surface area contributed by atoms with E-state index in [-0.39, 0.29) is 17.5 Å². The first-order valence-electron chi connectivity index (χ1n) is 4.90. The number of phenols is 1. The Labute approximate surface area is 93.4 Å². The molecule has 0 heterocycles. The number of aromatic hydroxyl groups is 1. The van der Waals surface area contributed by atoms with Crippen LogP contribution in [0.4, 0.5) is 5.69 Å². The number of rotatable bonds is 5. The Kier molecular flexibility index (Phi) is 4.02. The Morgan fingerprint density at radius 1 is 1.62 bits per heavy atom. The van der Waals surface area contributed by atoms with Crippen LogP contribution in [0.25, 0.3) is 0 Å². The number of hydrogen-bond donors (Lipinski definition) is 2. The molecular weight excluding hydrogens is 208 g/mol. The maximum atomic E-state index is 10.6. The number of benzene rings is 1. The molecule has 16 heavy (non-hydrogen) atoms. The Bertz CT molecular complexity index is 404. The van der Waals surface area contributed by atoms with E-state index in [2.05, 4.69) is 6.58 Å². The lowest BCUT2D eigenvalue weighted by molar-refractivity contribution is -0.385. The molecule has 0 aliphatic heterocycles. The van der Waals surface area contributed by atoms with Gasteiger partial charge in [0.25, 0.3) is 0 Å². The number of allylic oxidation sites excluding steroid dienone is 1. The lowest BCUT2D eigenvalue weighted by atomic mass is 10.0. The molecule has 0 fully saturated rings. The number of nitro benzene ring substituents is 1. The largest absolute Gasteiger partial charge is 0.502 e. The minimum atomic E-state index is -0.626. The van der Waals surface area contributed by atoms with Gasteiger partial charge < -0.3 is 10.8 Å². The third-order valence-corrected chi connectivity index (χ3v) is 2.31. The number of phenolic OH excluding ortho intramolecular Hbond substituents is 1. The molecule has 0 saturated carbocycles. The Hall–Kier alpha value is -1.88. The Morgan fingerprint density at radius 3 is 2.88 bits per heavy atom. The van der Waals surface area contributed by atoms with Crippen molar-refractivity contribution in [3.05, 3.63) is 46.5 Å². The molecule has 0 spiro atoms. The quantitative estimate of drug-likeness (QED) is 0.454. The average Bonchev–Trinajstić information content (AvgIpc) is 2.26. The molecule has 1 aromatic rings. The van der Waals surface area contributed by atoms with Gasteiger partial charge in [-0.2, -0.15) is 0 Å². The normalized spacial score (nSPS) is 12.1. The van der Waals surface area contributed by atoms with Crippen molar-refractivity contribution < 1.29 is 10.0 Å². The maximum absolute atomic E-state index is 10.6. The fourth-order valence-corrected chi connectivity index (χ4v) is 1.38. The molecule has 0 aliphatic rings. The molecule has 1 rings (SSSR count). The van der Waals surface area contributed by atoms with Crippen molar-refractivity contribution in [2.75, 3.05) is 0 Å². The molecule has 0 radical (unpaired) electrons. The number of nitrogens with zero attached hydrogens (tertiary/aromatic N) is 1. The molecule has 1 aromatic carbocycles. The molecule has 0 bridgehead atoms. The minimum absolute atomic E-state index is 0.280. The van der Waals surface area contributed by atoms with Gasteiger partial charge in [0.05, 0.1) is 4.92 Å². The molecule has 5 heteroatoms. The van der Waals surface area contributed by atoms with Gasteiger partial charge in [0.15, 0.2) is 5.75 Å². The van der Waals surface area contributed by atoms with Gasteiger partial charge >= 0.3 is 5.69 Å². The first-order valence-corrected chi connectivity index (χ1v) is 4.90. The molecule has 3 N–H and O–H groups in total. The standard InChI is InChI=1S/C11H14N2O3/c1-2-3-4-9(12)8-5-6-11(14)10(7-8)13(15)16/h2,5-7,9,14H,1,3-4,12H2/t9-/m1/s1. The van der Waals surface area contributed by atoms with Crippen molar-refractivity contribution in [1.82, 2.24) is 0 Å². The molecule has 0 aromatic heterocycles. The molecule has 0 saturated heterocycles. The van der Waals surface area contributed by atoms with Gasteiger partial charge in [0, 0.05) is 12.1 Å². The number of hydrogen-bond acceptors (Lipinski definition) is 4. The number of nitro groups is 1. The molecule has 5 nitrogen and oxygen atoms in total. The van der Waals surface area contributed by atoms with Crippen molar-refractivity contribution >= 4 is 5.69 Å². The van der Waals surface area contributed by atoms with Crippen LogP contribution in [-0.2, 0) is 0 Å². The van der Waals surface area contributed by atoms with E-state index in [4.69, 9.17) is 5.73 Å². The van der Waals surface area contributed by atoms with Gasteiger partial charge in [-0.1, -0.05) is 12.1 Å². The first kappa shape index (κ1) is 12.2. The van der Waals surface area contributed by atoms with E-state index in [0.717, 1.165) is 6.42 Å². The summed E-state index contributed by atoms with van der Waals surface area (Å²) in [6.45, 7) is 3.58. The zero-order valence-corrected chi connectivity index (χ0v) is 8.80. The Balaban J connectivity index is 2.93. The lowest BCUT2D eigenvalue weighted by Crippen LogP contribution is -2.10. The fourth-order valence-electron chi connectivity index (χ4n) is 1.38. The molecular formula is C11H14N2O3. The van der Waals surface area contributed by atoms with Crippen molar-refractivity contribution in [2.45, 2.75) is 18.9 Å². The Morgan fingerprint density at radius 2 is 2.31 bits per heavy atom. The van der Waals surface area contributed by atoms with Crippen LogP contribution in [0.2, 0.25) is 0 Å². The predicted octanol–water partition coefficient (Wildman–Crippen LogP) is 2.27. The fraction of sp³-hybridized carbons (Fsp3) is 0.273. The van der Waals surface area contributed by atoms with Crippen LogP contribution in [0.5, 0.6) is 5.75 Å². The zero-order valence-electron chi connectivity index (χ0n) is 8.80. The summed E-state index contributed by atoms with van der Waals surface area (Å²) < 4.78 is 0. The van der Waals surface area contributed by atoms with Gasteiger partial charge in [-0.05, 0) is 24.5 Å². The number of nitrogens with two attached hydrogens (primary N) is 1. The van der Waals surface area contributed by atoms with Crippen LogP contribution in [0.15, 0.2) is 30.9 Å². The highest BCUT2D eigenvalue weighted by molar-refractivity contribution is 5.48. The summed E-state index contributed by atoms with van der Waals surface area (Å²) >= 11 is 0. The molecule has 1 atom stereocenters. The second-order valence-corrected chi connectivity index (χ2v) is 3.48. The summed E-state index contributed by atoms with van der Waals surface area (Å²) in [6, 6.07) is 3.91. The minimum Gasteiger partial charge on any atom is -0.502 e. The third-order valence-electron chi connectivity index (χ3n) is 2.31. The molecule has 0 aliphatic carbocycles. The van der Waals surface area contributed by atoms with E-state index in [9.17, 15) is 15.2 Å². The SMILES string of the molecule is C=CCC[C@@H](N)c1ccc(O)c([N+](=O)[O-])c1. The zero-order chi connectivity index (χ0) is 12.1. The van der Waals surface area contributed by atoms with Crippen molar-refractivity contribution in [3.63, 3.8) is 0 Å². The van der Waals surface area contributed by atoms with Crippen molar-refractivity contribution in [1.29, 1.82) is 0 Å². The monoisotopic (exact) mass is 222 g/mol. The van der Waals surface area contributed by atoms with Gasteiger partial charge in [-0.3, -0.25) is 10.1 Å². The van der Waals surface area contributed by atoms with Crippen LogP contribution >= 0.6 is 0 Å². The van der Waals surface area contributed by atoms with E-state index in [0.29, 0.717) is 12.0 Å². The van der Waals surface area contributed by atoms with Crippen LogP contribution < -0.4 is 5.73 Å². The van der Waals surface area contributed by atoms with Gasteiger partial charge in [0.2, 0.25) is 0 Å². The summed E-state index contributed by atoms with van der Waals surface area (Å²) in [5.74, 6) is -0.343. The highest BCUT2D eigenvalue weighted by atomic mass is 16.6. The highest BCUT2D eigenvalue weighted by Crippen LogP contribution is 2.29. The van der Waals surface area contributed by atoms with Crippen LogP contribution in [-0.4, -0.2) is 10.0 Å². The molecule has 0 unspecified atom stereocenters. The topological polar surface area (TPSA) is 89.4 Å².